The fraction of sp³-hybridized carbons (Fsp3) is 0.125. The van der Waals surface area contributed by atoms with Gasteiger partial charge in [-0.15, -0.1) is 0 Å². The Balaban J connectivity index is 2.92. The zero-order chi connectivity index (χ0) is 8.10. The lowest BCUT2D eigenvalue weighted by Crippen LogP contribution is -1.93. The van der Waals surface area contributed by atoms with Crippen molar-refractivity contribution in [1.82, 2.24) is 4.72 Å². The van der Waals surface area contributed by atoms with Crippen LogP contribution in [0.2, 0.25) is 0 Å². The van der Waals surface area contributed by atoms with Crippen molar-refractivity contribution in [3.63, 3.8) is 0 Å². The first-order valence-electron chi connectivity index (χ1n) is 3.26. The van der Waals surface area contributed by atoms with E-state index in [0.717, 1.165) is 16.7 Å². The maximum Gasteiger partial charge on any atom is 0.151 e. The Bertz CT molecular complexity index is 250. The normalized spacial score (nSPS) is 9.55. The Labute approximate surface area is 70.1 Å². The highest BCUT2D eigenvalue weighted by Gasteiger charge is 1.97. The van der Waals surface area contributed by atoms with Gasteiger partial charge in [-0.05, 0) is 25.1 Å². The van der Waals surface area contributed by atoms with Gasteiger partial charge in [-0.1, -0.05) is 18.2 Å². The van der Waals surface area contributed by atoms with Crippen LogP contribution in [-0.4, -0.2) is 13.3 Å². The number of aldehydes is 1. The lowest BCUT2D eigenvalue weighted by molar-refractivity contribution is 0.112. The van der Waals surface area contributed by atoms with Crippen LogP contribution >= 0.6 is 11.9 Å². The molecule has 0 heterocycles. The third kappa shape index (κ3) is 2.06. The monoisotopic (exact) mass is 167 g/mol. The molecule has 0 unspecified atom stereocenters. The largest absolute Gasteiger partial charge is 0.298 e. The molecule has 11 heavy (non-hydrogen) atoms. The third-order valence-corrected chi connectivity index (χ3v) is 2.05. The first kappa shape index (κ1) is 8.30. The summed E-state index contributed by atoms with van der Waals surface area (Å²) in [5.41, 5.74) is 0.729. The second-order valence-corrected chi connectivity index (χ2v) is 3.01. The van der Waals surface area contributed by atoms with E-state index in [-0.39, 0.29) is 0 Å². The van der Waals surface area contributed by atoms with Gasteiger partial charge in [0.25, 0.3) is 0 Å². The van der Waals surface area contributed by atoms with Gasteiger partial charge in [-0.3, -0.25) is 9.52 Å². The standard InChI is InChI=1S/C8H9NOS/c1-9-11-8-5-3-2-4-7(8)6-10/h2-6,9H,1H3. The summed E-state index contributed by atoms with van der Waals surface area (Å²) in [7, 11) is 1.83. The molecule has 0 radical (unpaired) electrons. The maximum atomic E-state index is 10.5. The number of hydrogen-bond acceptors (Lipinski definition) is 3. The molecule has 58 valence electrons. The molecule has 0 aliphatic carbocycles. The third-order valence-electron chi connectivity index (χ3n) is 1.26. The first-order valence-corrected chi connectivity index (χ1v) is 4.08. The van der Waals surface area contributed by atoms with Gasteiger partial charge in [0.05, 0.1) is 0 Å². The number of benzene rings is 1. The highest BCUT2D eigenvalue weighted by molar-refractivity contribution is 7.97. The van der Waals surface area contributed by atoms with Crippen molar-refractivity contribution in [2.75, 3.05) is 7.05 Å². The molecule has 0 amide bonds. The SMILES string of the molecule is CNSc1ccccc1C=O. The van der Waals surface area contributed by atoms with Gasteiger partial charge in [0.15, 0.2) is 6.29 Å². The summed E-state index contributed by atoms with van der Waals surface area (Å²) in [6.45, 7) is 0. The van der Waals surface area contributed by atoms with E-state index in [2.05, 4.69) is 4.72 Å². The average Bonchev–Trinajstić information content (AvgIpc) is 2.06. The lowest BCUT2D eigenvalue weighted by Gasteiger charge is -2.00. The topological polar surface area (TPSA) is 29.1 Å². The van der Waals surface area contributed by atoms with Gasteiger partial charge >= 0.3 is 0 Å². The van der Waals surface area contributed by atoms with Gasteiger partial charge in [-0.2, -0.15) is 0 Å². The van der Waals surface area contributed by atoms with Crippen LogP contribution in [0, 0.1) is 0 Å². The van der Waals surface area contributed by atoms with Crippen molar-refractivity contribution in [2.45, 2.75) is 4.90 Å². The molecule has 1 aromatic carbocycles. The second-order valence-electron chi connectivity index (χ2n) is 1.96. The molecule has 0 aliphatic rings. The van der Waals surface area contributed by atoms with Crippen LogP contribution in [0.25, 0.3) is 0 Å². The smallest absolute Gasteiger partial charge is 0.151 e. The average molecular weight is 167 g/mol. The molecule has 0 saturated heterocycles. The second kappa shape index (κ2) is 4.16. The van der Waals surface area contributed by atoms with E-state index in [4.69, 9.17) is 0 Å². The molecule has 0 aliphatic heterocycles. The quantitative estimate of drug-likeness (QED) is 0.549. The van der Waals surface area contributed by atoms with Crippen molar-refractivity contribution in [2.24, 2.45) is 0 Å². The predicted octanol–water partition coefficient (Wildman–Crippen LogP) is 1.73. The molecular formula is C8H9NOS. The number of carbonyl (C=O) groups is 1. The fourth-order valence-electron chi connectivity index (χ4n) is 0.781. The zero-order valence-corrected chi connectivity index (χ0v) is 7.02. The highest BCUT2D eigenvalue weighted by Crippen LogP contribution is 2.16. The van der Waals surface area contributed by atoms with Crippen molar-refractivity contribution < 1.29 is 4.79 Å². The Hall–Kier alpha value is -0.800. The van der Waals surface area contributed by atoms with E-state index in [1.54, 1.807) is 6.07 Å². The molecule has 0 atom stereocenters. The zero-order valence-electron chi connectivity index (χ0n) is 6.20. The summed E-state index contributed by atoms with van der Waals surface area (Å²) in [6.07, 6.45) is 0.861. The van der Waals surface area contributed by atoms with Crippen molar-refractivity contribution in [3.05, 3.63) is 29.8 Å². The van der Waals surface area contributed by atoms with Crippen LogP contribution < -0.4 is 4.72 Å². The molecule has 0 aromatic heterocycles. The Morgan fingerprint density at radius 1 is 1.45 bits per heavy atom. The highest BCUT2D eigenvalue weighted by atomic mass is 32.2. The van der Waals surface area contributed by atoms with E-state index in [0.29, 0.717) is 0 Å². The summed E-state index contributed by atoms with van der Waals surface area (Å²) < 4.78 is 2.92. The number of rotatable bonds is 3. The minimum Gasteiger partial charge on any atom is -0.298 e. The molecule has 1 aromatic rings. The number of carbonyl (C=O) groups excluding carboxylic acids is 1. The van der Waals surface area contributed by atoms with Crippen LogP contribution in [0.4, 0.5) is 0 Å². The van der Waals surface area contributed by atoms with Crippen molar-refractivity contribution in [3.8, 4) is 0 Å². The molecular weight excluding hydrogens is 158 g/mol. The van der Waals surface area contributed by atoms with E-state index in [1.807, 2.05) is 25.2 Å². The van der Waals surface area contributed by atoms with Gasteiger partial charge in [0, 0.05) is 10.5 Å². The molecule has 0 bridgehead atoms. The molecule has 0 saturated carbocycles. The number of hydrogen-bond donors (Lipinski definition) is 1. The summed E-state index contributed by atoms with van der Waals surface area (Å²) in [6, 6.07) is 7.47. The predicted molar refractivity (Wildman–Crippen MR) is 46.7 cm³/mol. The van der Waals surface area contributed by atoms with Gasteiger partial charge in [0.2, 0.25) is 0 Å². The van der Waals surface area contributed by atoms with E-state index >= 15 is 0 Å². The van der Waals surface area contributed by atoms with E-state index in [1.165, 1.54) is 11.9 Å². The Kier molecular flexibility index (Phi) is 3.14. The van der Waals surface area contributed by atoms with Crippen LogP contribution in [0.15, 0.2) is 29.2 Å². The molecule has 0 fully saturated rings. The van der Waals surface area contributed by atoms with Crippen LogP contribution in [0.1, 0.15) is 10.4 Å². The summed E-state index contributed by atoms with van der Waals surface area (Å²) in [5.74, 6) is 0. The van der Waals surface area contributed by atoms with Gasteiger partial charge in [-0.25, -0.2) is 0 Å². The maximum absolute atomic E-state index is 10.5. The van der Waals surface area contributed by atoms with Crippen LogP contribution in [0.3, 0.4) is 0 Å². The summed E-state index contributed by atoms with van der Waals surface area (Å²) >= 11 is 1.45. The van der Waals surface area contributed by atoms with Crippen molar-refractivity contribution >= 4 is 18.2 Å². The molecule has 1 rings (SSSR count). The minimum absolute atomic E-state index is 0.729. The van der Waals surface area contributed by atoms with Crippen LogP contribution in [0.5, 0.6) is 0 Å². The van der Waals surface area contributed by atoms with Gasteiger partial charge in [0.1, 0.15) is 0 Å². The van der Waals surface area contributed by atoms with Crippen LogP contribution in [-0.2, 0) is 0 Å². The lowest BCUT2D eigenvalue weighted by atomic mass is 10.2. The fourth-order valence-corrected chi connectivity index (χ4v) is 1.38. The first-order chi connectivity index (χ1) is 5.38. The Morgan fingerprint density at radius 3 is 2.82 bits per heavy atom. The molecule has 3 heteroatoms. The molecule has 0 spiro atoms. The molecule has 2 nitrogen and oxygen atoms in total. The van der Waals surface area contributed by atoms with E-state index in [9.17, 15) is 4.79 Å². The Morgan fingerprint density at radius 2 is 2.18 bits per heavy atom. The summed E-state index contributed by atoms with van der Waals surface area (Å²) in [5, 5.41) is 0. The van der Waals surface area contributed by atoms with Crippen molar-refractivity contribution in [1.29, 1.82) is 0 Å². The summed E-state index contributed by atoms with van der Waals surface area (Å²) in [4.78, 5) is 11.4. The number of nitrogens with one attached hydrogen (secondary N) is 1. The van der Waals surface area contributed by atoms with Gasteiger partial charge < -0.3 is 0 Å². The minimum atomic E-state index is 0.729. The van der Waals surface area contributed by atoms with E-state index < -0.39 is 0 Å². The molecule has 1 N–H and O–H groups in total.